The molecule has 2 rings (SSSR count). The van der Waals surface area contributed by atoms with Crippen molar-refractivity contribution in [3.63, 3.8) is 0 Å². The van der Waals surface area contributed by atoms with E-state index in [1.54, 1.807) is 19.1 Å². The second kappa shape index (κ2) is 6.23. The van der Waals surface area contributed by atoms with Crippen LogP contribution < -0.4 is 4.74 Å². The predicted octanol–water partition coefficient (Wildman–Crippen LogP) is 3.53. The van der Waals surface area contributed by atoms with E-state index in [2.05, 4.69) is 11.9 Å². The number of oxazole rings is 1. The number of aromatic carboxylic acids is 1. The molecule has 0 atom stereocenters. The third-order valence-corrected chi connectivity index (χ3v) is 2.87. The van der Waals surface area contributed by atoms with Crippen LogP contribution in [0.2, 0.25) is 0 Å². The van der Waals surface area contributed by atoms with Gasteiger partial charge >= 0.3 is 5.97 Å². The van der Waals surface area contributed by atoms with E-state index in [4.69, 9.17) is 14.3 Å². The molecule has 1 aromatic carbocycles. The van der Waals surface area contributed by atoms with Crippen molar-refractivity contribution < 1.29 is 19.1 Å². The highest BCUT2D eigenvalue weighted by Crippen LogP contribution is 2.24. The zero-order chi connectivity index (χ0) is 14.5. The van der Waals surface area contributed by atoms with E-state index in [1.807, 2.05) is 12.1 Å². The van der Waals surface area contributed by atoms with Crippen molar-refractivity contribution in [3.05, 3.63) is 35.7 Å². The maximum atomic E-state index is 10.9. The zero-order valence-electron chi connectivity index (χ0n) is 11.5. The molecule has 0 saturated carbocycles. The number of ether oxygens (including phenoxy) is 1. The molecule has 2 aromatic rings. The minimum atomic E-state index is -1.09. The van der Waals surface area contributed by atoms with Gasteiger partial charge in [0, 0.05) is 5.56 Å². The van der Waals surface area contributed by atoms with Gasteiger partial charge in [0.15, 0.2) is 5.69 Å². The number of nitrogens with zero attached hydrogens (tertiary/aromatic N) is 1. The largest absolute Gasteiger partial charge is 0.494 e. The number of carboxylic acid groups (broad SMARTS) is 1. The highest BCUT2D eigenvalue weighted by molar-refractivity contribution is 5.87. The number of aryl methyl sites for hydroxylation is 1. The fourth-order valence-electron chi connectivity index (χ4n) is 1.75. The Hall–Kier alpha value is -2.30. The molecular weight excluding hydrogens is 258 g/mol. The SMILES string of the molecule is CCCCOc1ccc(-c2nc(C(=O)O)c(C)o2)cc1. The smallest absolute Gasteiger partial charge is 0.358 e. The number of carboxylic acids is 1. The maximum Gasteiger partial charge on any atom is 0.358 e. The van der Waals surface area contributed by atoms with E-state index in [9.17, 15) is 4.79 Å². The number of carbonyl (C=O) groups is 1. The minimum absolute atomic E-state index is 0.0525. The number of hydrogen-bond acceptors (Lipinski definition) is 4. The summed E-state index contributed by atoms with van der Waals surface area (Å²) in [4.78, 5) is 14.9. The first-order valence-corrected chi connectivity index (χ1v) is 6.55. The summed E-state index contributed by atoms with van der Waals surface area (Å²) in [5.41, 5.74) is 0.673. The summed E-state index contributed by atoms with van der Waals surface area (Å²) in [5, 5.41) is 8.95. The molecule has 20 heavy (non-hydrogen) atoms. The van der Waals surface area contributed by atoms with Gasteiger partial charge in [0.25, 0.3) is 0 Å². The van der Waals surface area contributed by atoms with E-state index in [0.717, 1.165) is 24.2 Å². The Bertz CT molecular complexity index is 586. The molecule has 5 nitrogen and oxygen atoms in total. The van der Waals surface area contributed by atoms with Gasteiger partial charge < -0.3 is 14.3 Å². The van der Waals surface area contributed by atoms with Crippen LogP contribution in [0.1, 0.15) is 36.0 Å². The molecule has 0 aliphatic rings. The van der Waals surface area contributed by atoms with E-state index in [-0.39, 0.29) is 5.69 Å². The van der Waals surface area contributed by atoms with Crippen LogP contribution in [-0.4, -0.2) is 22.7 Å². The van der Waals surface area contributed by atoms with Gasteiger partial charge in [-0.15, -0.1) is 0 Å². The van der Waals surface area contributed by atoms with Crippen molar-refractivity contribution in [1.29, 1.82) is 0 Å². The number of unbranched alkanes of at least 4 members (excludes halogenated alkanes) is 1. The average molecular weight is 275 g/mol. The summed E-state index contributed by atoms with van der Waals surface area (Å²) >= 11 is 0. The summed E-state index contributed by atoms with van der Waals surface area (Å²) in [7, 11) is 0. The molecule has 0 spiro atoms. The van der Waals surface area contributed by atoms with Crippen LogP contribution >= 0.6 is 0 Å². The van der Waals surface area contributed by atoms with Crippen LogP contribution in [0, 0.1) is 6.92 Å². The number of hydrogen-bond donors (Lipinski definition) is 1. The Labute approximate surface area is 117 Å². The average Bonchev–Trinajstić information content (AvgIpc) is 2.82. The van der Waals surface area contributed by atoms with Gasteiger partial charge in [-0.25, -0.2) is 9.78 Å². The lowest BCUT2D eigenvalue weighted by Gasteiger charge is -2.05. The lowest BCUT2D eigenvalue weighted by atomic mass is 10.2. The molecule has 1 aromatic heterocycles. The van der Waals surface area contributed by atoms with Crippen LogP contribution in [0.4, 0.5) is 0 Å². The van der Waals surface area contributed by atoms with Gasteiger partial charge in [-0.3, -0.25) is 0 Å². The van der Waals surface area contributed by atoms with Crippen molar-refractivity contribution in [1.82, 2.24) is 4.98 Å². The van der Waals surface area contributed by atoms with Crippen molar-refractivity contribution in [2.75, 3.05) is 6.61 Å². The fraction of sp³-hybridized carbons (Fsp3) is 0.333. The van der Waals surface area contributed by atoms with E-state index >= 15 is 0 Å². The van der Waals surface area contributed by atoms with Gasteiger partial charge in [0.2, 0.25) is 5.89 Å². The topological polar surface area (TPSA) is 72.6 Å². The first kappa shape index (κ1) is 14.1. The van der Waals surface area contributed by atoms with Crippen molar-refractivity contribution in [2.24, 2.45) is 0 Å². The molecule has 106 valence electrons. The monoisotopic (exact) mass is 275 g/mol. The van der Waals surface area contributed by atoms with Crippen LogP contribution in [0.3, 0.4) is 0 Å². The van der Waals surface area contributed by atoms with Gasteiger partial charge in [-0.2, -0.15) is 0 Å². The molecule has 0 aliphatic heterocycles. The van der Waals surface area contributed by atoms with E-state index < -0.39 is 5.97 Å². The maximum absolute atomic E-state index is 10.9. The quantitative estimate of drug-likeness (QED) is 0.816. The highest BCUT2D eigenvalue weighted by atomic mass is 16.5. The summed E-state index contributed by atoms with van der Waals surface area (Å²) in [6.45, 7) is 4.39. The van der Waals surface area contributed by atoms with Crippen molar-refractivity contribution in [2.45, 2.75) is 26.7 Å². The van der Waals surface area contributed by atoms with Crippen LogP contribution in [0.15, 0.2) is 28.7 Å². The number of rotatable bonds is 6. The summed E-state index contributed by atoms with van der Waals surface area (Å²) in [6.07, 6.45) is 2.11. The minimum Gasteiger partial charge on any atom is -0.494 e. The lowest BCUT2D eigenvalue weighted by molar-refractivity contribution is 0.0689. The predicted molar refractivity (Wildman–Crippen MR) is 74.0 cm³/mol. The first-order valence-electron chi connectivity index (χ1n) is 6.55. The van der Waals surface area contributed by atoms with Gasteiger partial charge in [0.05, 0.1) is 6.61 Å². The first-order chi connectivity index (χ1) is 9.61. The molecule has 1 heterocycles. The molecular formula is C15H17NO4. The van der Waals surface area contributed by atoms with Crippen LogP contribution in [0.25, 0.3) is 11.5 Å². The molecule has 0 bridgehead atoms. The van der Waals surface area contributed by atoms with Crippen LogP contribution in [-0.2, 0) is 0 Å². The Morgan fingerprint density at radius 2 is 2.05 bits per heavy atom. The third-order valence-electron chi connectivity index (χ3n) is 2.87. The molecule has 0 unspecified atom stereocenters. The number of aromatic nitrogens is 1. The molecule has 5 heteroatoms. The molecule has 0 aliphatic carbocycles. The van der Waals surface area contributed by atoms with Gasteiger partial charge in [0.1, 0.15) is 11.5 Å². The lowest BCUT2D eigenvalue weighted by Crippen LogP contribution is -1.98. The summed E-state index contributed by atoms with van der Waals surface area (Å²) in [5.74, 6) is 0.303. The van der Waals surface area contributed by atoms with Crippen molar-refractivity contribution >= 4 is 5.97 Å². The molecule has 1 N–H and O–H groups in total. The Morgan fingerprint density at radius 1 is 1.35 bits per heavy atom. The van der Waals surface area contributed by atoms with E-state index in [1.165, 1.54) is 0 Å². The van der Waals surface area contributed by atoms with Crippen molar-refractivity contribution in [3.8, 4) is 17.2 Å². The normalized spacial score (nSPS) is 10.5. The van der Waals surface area contributed by atoms with Gasteiger partial charge in [-0.1, -0.05) is 13.3 Å². The second-order valence-corrected chi connectivity index (χ2v) is 4.46. The standard InChI is InChI=1S/C15H17NO4/c1-3-4-9-19-12-7-5-11(6-8-12)14-16-13(15(17)18)10(2)20-14/h5-8H,3-4,9H2,1-2H3,(H,17,18). The Morgan fingerprint density at radius 3 is 2.60 bits per heavy atom. The molecule has 0 saturated heterocycles. The Balaban J connectivity index is 2.13. The molecule has 0 fully saturated rings. The number of benzene rings is 1. The van der Waals surface area contributed by atoms with E-state index in [0.29, 0.717) is 18.3 Å². The second-order valence-electron chi connectivity index (χ2n) is 4.46. The molecule has 0 amide bonds. The fourth-order valence-corrected chi connectivity index (χ4v) is 1.75. The third kappa shape index (κ3) is 3.17. The Kier molecular flexibility index (Phi) is 4.40. The summed E-state index contributed by atoms with van der Waals surface area (Å²) < 4.78 is 10.9. The molecule has 0 radical (unpaired) electrons. The summed E-state index contributed by atoms with van der Waals surface area (Å²) in [6, 6.07) is 7.26. The van der Waals surface area contributed by atoms with Crippen LogP contribution in [0.5, 0.6) is 5.75 Å². The zero-order valence-corrected chi connectivity index (χ0v) is 11.5. The highest BCUT2D eigenvalue weighted by Gasteiger charge is 2.16. The van der Waals surface area contributed by atoms with Gasteiger partial charge in [-0.05, 0) is 37.6 Å².